The molecule has 0 N–H and O–H groups in total. The van der Waals surface area contributed by atoms with Crippen molar-refractivity contribution in [1.29, 1.82) is 0 Å². The molecule has 122 valence electrons. The number of rotatable bonds is 7. The number of carbonyl (C=O) groups is 1. The number of hydrogen-bond acceptors (Lipinski definition) is 2. The summed E-state index contributed by atoms with van der Waals surface area (Å²) in [5.41, 5.74) is -0.947. The third-order valence-corrected chi connectivity index (χ3v) is 3.90. The summed E-state index contributed by atoms with van der Waals surface area (Å²) in [4.78, 5) is 14.8. The lowest BCUT2D eigenvalue weighted by atomic mass is 10.1. The van der Waals surface area contributed by atoms with E-state index in [1.54, 1.807) is 26.0 Å². The van der Waals surface area contributed by atoms with Crippen molar-refractivity contribution in [3.05, 3.63) is 30.1 Å². The van der Waals surface area contributed by atoms with E-state index in [0.717, 1.165) is 25.8 Å². The molecule has 0 unspecified atom stereocenters. The first-order valence-corrected chi connectivity index (χ1v) is 8.05. The lowest BCUT2D eigenvalue weighted by Gasteiger charge is -2.33. The number of hydrogen-bond donors (Lipinski definition) is 0. The van der Waals surface area contributed by atoms with E-state index in [9.17, 15) is 9.18 Å². The highest BCUT2D eigenvalue weighted by molar-refractivity contribution is 5.85. The number of amides is 1. The fraction of sp³-hybridized carbons (Fsp3) is 0.611. The lowest BCUT2D eigenvalue weighted by Crippen LogP contribution is -2.50. The molecule has 0 heterocycles. The Hall–Kier alpha value is -1.58. The quantitative estimate of drug-likeness (QED) is 0.761. The van der Waals surface area contributed by atoms with Gasteiger partial charge in [0, 0.05) is 12.6 Å². The van der Waals surface area contributed by atoms with Gasteiger partial charge in [0.2, 0.25) is 0 Å². The molecule has 1 aromatic rings. The van der Waals surface area contributed by atoms with Crippen LogP contribution in [0.2, 0.25) is 0 Å². The molecule has 0 aromatic heterocycles. The monoisotopic (exact) mass is 307 g/mol. The highest BCUT2D eigenvalue weighted by Crippen LogP contribution is 2.31. The molecule has 0 aliphatic heterocycles. The average Bonchev–Trinajstić information content (AvgIpc) is 3.25. The van der Waals surface area contributed by atoms with Crippen LogP contribution in [0.5, 0.6) is 5.75 Å². The van der Waals surface area contributed by atoms with Gasteiger partial charge in [0.15, 0.2) is 5.60 Å². The zero-order valence-corrected chi connectivity index (χ0v) is 13.9. The van der Waals surface area contributed by atoms with Crippen LogP contribution in [-0.2, 0) is 4.79 Å². The van der Waals surface area contributed by atoms with E-state index >= 15 is 0 Å². The molecule has 2 rings (SSSR count). The van der Waals surface area contributed by atoms with Gasteiger partial charge in [0.25, 0.3) is 5.91 Å². The van der Waals surface area contributed by atoms with Gasteiger partial charge in [-0.1, -0.05) is 13.8 Å². The molecule has 1 amide bonds. The van der Waals surface area contributed by atoms with Gasteiger partial charge in [-0.3, -0.25) is 4.79 Å². The predicted molar refractivity (Wildman–Crippen MR) is 85.3 cm³/mol. The van der Waals surface area contributed by atoms with Crippen LogP contribution in [0.3, 0.4) is 0 Å². The predicted octanol–water partition coefficient (Wildman–Crippen LogP) is 4.02. The Labute approximate surface area is 132 Å². The SMILES string of the molecule is CC(C)CCN(C(=O)C(C)(C)Oc1ccc(F)cc1)C1CC1. The Bertz CT molecular complexity index is 506. The van der Waals surface area contributed by atoms with E-state index in [0.29, 0.717) is 17.7 Å². The highest BCUT2D eigenvalue weighted by atomic mass is 19.1. The minimum Gasteiger partial charge on any atom is -0.478 e. The second-order valence-electron chi connectivity index (χ2n) is 6.98. The summed E-state index contributed by atoms with van der Waals surface area (Å²) >= 11 is 0. The third kappa shape index (κ3) is 4.46. The maximum atomic E-state index is 13.0. The molecule has 1 fully saturated rings. The van der Waals surface area contributed by atoms with Gasteiger partial charge in [-0.05, 0) is 63.3 Å². The maximum Gasteiger partial charge on any atom is 0.266 e. The molecule has 0 atom stereocenters. The van der Waals surface area contributed by atoms with Crippen molar-refractivity contribution in [1.82, 2.24) is 4.90 Å². The van der Waals surface area contributed by atoms with Crippen molar-refractivity contribution < 1.29 is 13.9 Å². The van der Waals surface area contributed by atoms with Crippen LogP contribution >= 0.6 is 0 Å². The molecule has 1 saturated carbocycles. The summed E-state index contributed by atoms with van der Waals surface area (Å²) in [7, 11) is 0. The Morgan fingerprint density at radius 3 is 2.41 bits per heavy atom. The van der Waals surface area contributed by atoms with E-state index in [1.807, 2.05) is 4.90 Å². The topological polar surface area (TPSA) is 29.5 Å². The van der Waals surface area contributed by atoms with Crippen LogP contribution in [0.25, 0.3) is 0 Å². The van der Waals surface area contributed by atoms with Gasteiger partial charge in [-0.2, -0.15) is 0 Å². The molecule has 0 spiro atoms. The first kappa shape index (κ1) is 16.8. The minimum absolute atomic E-state index is 0.0139. The number of halogens is 1. The second kappa shape index (κ2) is 6.67. The lowest BCUT2D eigenvalue weighted by molar-refractivity contribution is -0.146. The van der Waals surface area contributed by atoms with Crippen LogP contribution in [0, 0.1) is 11.7 Å². The average molecular weight is 307 g/mol. The zero-order valence-electron chi connectivity index (χ0n) is 13.9. The number of benzene rings is 1. The van der Waals surface area contributed by atoms with Crippen LogP contribution in [-0.4, -0.2) is 29.0 Å². The van der Waals surface area contributed by atoms with E-state index in [1.165, 1.54) is 12.1 Å². The number of ether oxygens (including phenoxy) is 1. The van der Waals surface area contributed by atoms with Crippen molar-refractivity contribution in [2.45, 2.75) is 58.6 Å². The zero-order chi connectivity index (χ0) is 16.3. The van der Waals surface area contributed by atoms with Gasteiger partial charge in [0.05, 0.1) is 0 Å². The first-order chi connectivity index (χ1) is 10.3. The summed E-state index contributed by atoms with van der Waals surface area (Å²) in [5, 5.41) is 0. The van der Waals surface area contributed by atoms with E-state index in [-0.39, 0.29) is 11.7 Å². The van der Waals surface area contributed by atoms with E-state index < -0.39 is 5.60 Å². The molecule has 4 heteroatoms. The summed E-state index contributed by atoms with van der Waals surface area (Å²) < 4.78 is 18.8. The Morgan fingerprint density at radius 1 is 1.32 bits per heavy atom. The van der Waals surface area contributed by atoms with E-state index in [2.05, 4.69) is 13.8 Å². The largest absolute Gasteiger partial charge is 0.478 e. The van der Waals surface area contributed by atoms with Crippen molar-refractivity contribution in [2.24, 2.45) is 5.92 Å². The van der Waals surface area contributed by atoms with Gasteiger partial charge >= 0.3 is 0 Å². The summed E-state index contributed by atoms with van der Waals surface area (Å²) in [6.45, 7) is 8.66. The van der Waals surface area contributed by atoms with E-state index in [4.69, 9.17) is 4.74 Å². The number of nitrogens with zero attached hydrogens (tertiary/aromatic N) is 1. The molecule has 1 aliphatic carbocycles. The molecule has 1 aromatic carbocycles. The van der Waals surface area contributed by atoms with Crippen LogP contribution in [0.1, 0.15) is 47.0 Å². The van der Waals surface area contributed by atoms with Crippen LogP contribution in [0.4, 0.5) is 4.39 Å². The van der Waals surface area contributed by atoms with Crippen LogP contribution in [0.15, 0.2) is 24.3 Å². The summed E-state index contributed by atoms with van der Waals surface area (Å²) in [6, 6.07) is 6.16. The molecule has 0 bridgehead atoms. The standard InChI is InChI=1S/C18H26FNO2/c1-13(2)11-12-20(15-7-8-15)17(21)18(3,4)22-16-9-5-14(19)6-10-16/h5-6,9-10,13,15H,7-8,11-12H2,1-4H3. The van der Waals surface area contributed by atoms with Crippen molar-refractivity contribution in [3.63, 3.8) is 0 Å². The molecule has 0 radical (unpaired) electrons. The smallest absolute Gasteiger partial charge is 0.266 e. The normalized spacial score (nSPS) is 15.0. The summed E-state index contributed by atoms with van der Waals surface area (Å²) in [6.07, 6.45) is 3.15. The van der Waals surface area contributed by atoms with Crippen molar-refractivity contribution in [3.8, 4) is 5.75 Å². The van der Waals surface area contributed by atoms with Crippen LogP contribution < -0.4 is 4.74 Å². The third-order valence-electron chi connectivity index (χ3n) is 3.90. The highest BCUT2D eigenvalue weighted by Gasteiger charge is 2.40. The fourth-order valence-corrected chi connectivity index (χ4v) is 2.42. The Balaban J connectivity index is 2.04. The molecule has 0 saturated heterocycles. The molecular formula is C18H26FNO2. The van der Waals surface area contributed by atoms with Gasteiger partial charge in [-0.15, -0.1) is 0 Å². The Kier molecular flexibility index (Phi) is 5.09. The van der Waals surface area contributed by atoms with Crippen molar-refractivity contribution in [2.75, 3.05) is 6.54 Å². The fourth-order valence-electron chi connectivity index (χ4n) is 2.42. The first-order valence-electron chi connectivity index (χ1n) is 8.05. The summed E-state index contributed by atoms with van der Waals surface area (Å²) in [5.74, 6) is 0.780. The molecule has 3 nitrogen and oxygen atoms in total. The molecule has 1 aliphatic rings. The van der Waals surface area contributed by atoms with Gasteiger partial charge in [-0.25, -0.2) is 4.39 Å². The second-order valence-corrected chi connectivity index (χ2v) is 6.98. The maximum absolute atomic E-state index is 13.0. The minimum atomic E-state index is -0.947. The molecule has 22 heavy (non-hydrogen) atoms. The molecular weight excluding hydrogens is 281 g/mol. The van der Waals surface area contributed by atoms with Gasteiger partial charge < -0.3 is 9.64 Å². The van der Waals surface area contributed by atoms with Crippen molar-refractivity contribution >= 4 is 5.91 Å². The number of carbonyl (C=O) groups excluding carboxylic acids is 1. The Morgan fingerprint density at radius 2 is 1.91 bits per heavy atom. The van der Waals surface area contributed by atoms with Gasteiger partial charge in [0.1, 0.15) is 11.6 Å².